The molecule has 198 valence electrons. The highest BCUT2D eigenvalue weighted by atomic mass is 32.2. The number of ether oxygens (including phenoxy) is 3. The molecule has 0 aliphatic heterocycles. The minimum atomic E-state index is -3.36. The summed E-state index contributed by atoms with van der Waals surface area (Å²) in [6.07, 6.45) is 4.14. The number of nitrogens with zero attached hydrogens (tertiary/aromatic N) is 5. The van der Waals surface area contributed by atoms with Crippen molar-refractivity contribution >= 4 is 21.6 Å². The second-order valence-electron chi connectivity index (χ2n) is 8.28. The SMILES string of the molecule is COCC(C)Oc1nc(Oc2ccc(S(C)(=O)=O)cc2)cc(C(=O)Nc2ccn(Cc3ccccn3)n2)n1. The Labute approximate surface area is 219 Å². The molecule has 0 saturated heterocycles. The molecule has 1 atom stereocenters. The van der Waals surface area contributed by atoms with E-state index in [1.165, 1.54) is 37.4 Å². The van der Waals surface area contributed by atoms with E-state index in [0.29, 0.717) is 18.1 Å². The van der Waals surface area contributed by atoms with Crippen LogP contribution in [0, 0.1) is 0 Å². The predicted molar refractivity (Wildman–Crippen MR) is 137 cm³/mol. The lowest BCUT2D eigenvalue weighted by atomic mass is 10.3. The second-order valence-corrected chi connectivity index (χ2v) is 10.3. The van der Waals surface area contributed by atoms with Gasteiger partial charge < -0.3 is 19.5 Å². The van der Waals surface area contributed by atoms with Gasteiger partial charge in [0.2, 0.25) is 5.88 Å². The molecule has 0 spiro atoms. The molecule has 1 N–H and O–H groups in total. The quantitative estimate of drug-likeness (QED) is 0.302. The van der Waals surface area contributed by atoms with Gasteiger partial charge >= 0.3 is 6.01 Å². The molecule has 4 aromatic rings. The number of methoxy groups -OCH3 is 1. The molecule has 0 radical (unpaired) electrons. The number of sulfone groups is 1. The molecule has 38 heavy (non-hydrogen) atoms. The number of pyridine rings is 1. The van der Waals surface area contributed by atoms with Gasteiger partial charge in [-0.05, 0) is 43.3 Å². The number of anilines is 1. The Bertz CT molecular complexity index is 1490. The number of hydrogen-bond acceptors (Lipinski definition) is 10. The molecule has 13 heteroatoms. The summed E-state index contributed by atoms with van der Waals surface area (Å²) in [5.74, 6) is 0.0970. The minimum Gasteiger partial charge on any atom is -0.458 e. The van der Waals surface area contributed by atoms with Crippen LogP contribution >= 0.6 is 0 Å². The van der Waals surface area contributed by atoms with Crippen LogP contribution in [0.5, 0.6) is 17.6 Å². The summed E-state index contributed by atoms with van der Waals surface area (Å²) in [6, 6.07) is 14.3. The van der Waals surface area contributed by atoms with E-state index in [2.05, 4.69) is 25.4 Å². The summed E-state index contributed by atoms with van der Waals surface area (Å²) in [5, 5.41) is 7.06. The summed E-state index contributed by atoms with van der Waals surface area (Å²) in [5.41, 5.74) is 0.796. The third kappa shape index (κ3) is 7.33. The van der Waals surface area contributed by atoms with Crippen LogP contribution in [0.15, 0.2) is 71.9 Å². The number of amides is 1. The topological polar surface area (TPSA) is 147 Å². The Morgan fingerprint density at radius 1 is 1.11 bits per heavy atom. The largest absolute Gasteiger partial charge is 0.458 e. The highest BCUT2D eigenvalue weighted by molar-refractivity contribution is 7.90. The number of rotatable bonds is 11. The van der Waals surface area contributed by atoms with Gasteiger partial charge in [-0.1, -0.05) is 6.07 Å². The van der Waals surface area contributed by atoms with Crippen LogP contribution < -0.4 is 14.8 Å². The summed E-state index contributed by atoms with van der Waals surface area (Å²) < 4.78 is 41.7. The van der Waals surface area contributed by atoms with Gasteiger partial charge in [0.25, 0.3) is 5.91 Å². The molecular formula is C25H26N6O6S. The van der Waals surface area contributed by atoms with E-state index in [-0.39, 0.29) is 29.1 Å². The number of carbonyl (C=O) groups excluding carboxylic acids is 1. The molecule has 0 saturated carbocycles. The van der Waals surface area contributed by atoms with Crippen LogP contribution in [0.4, 0.5) is 5.82 Å². The van der Waals surface area contributed by atoms with E-state index in [9.17, 15) is 13.2 Å². The first-order chi connectivity index (χ1) is 18.2. The highest BCUT2D eigenvalue weighted by Gasteiger charge is 2.17. The Morgan fingerprint density at radius 2 is 1.89 bits per heavy atom. The lowest BCUT2D eigenvalue weighted by Gasteiger charge is -2.14. The molecule has 0 aliphatic rings. The zero-order valence-electron chi connectivity index (χ0n) is 20.9. The number of nitrogens with one attached hydrogen (secondary N) is 1. The van der Waals surface area contributed by atoms with Crippen LogP contribution in [-0.4, -0.2) is 65.1 Å². The van der Waals surface area contributed by atoms with E-state index < -0.39 is 21.8 Å². The van der Waals surface area contributed by atoms with Crippen molar-refractivity contribution in [3.8, 4) is 17.6 Å². The maximum atomic E-state index is 13.0. The van der Waals surface area contributed by atoms with Crippen LogP contribution in [-0.2, 0) is 21.1 Å². The van der Waals surface area contributed by atoms with Gasteiger partial charge in [0.1, 0.15) is 17.5 Å². The van der Waals surface area contributed by atoms with Crippen LogP contribution in [0.3, 0.4) is 0 Å². The zero-order valence-corrected chi connectivity index (χ0v) is 21.8. The van der Waals surface area contributed by atoms with Crippen molar-refractivity contribution in [3.63, 3.8) is 0 Å². The number of carbonyl (C=O) groups is 1. The van der Waals surface area contributed by atoms with Crippen molar-refractivity contribution in [2.24, 2.45) is 0 Å². The first-order valence-electron chi connectivity index (χ1n) is 11.5. The molecule has 1 unspecified atom stereocenters. The van der Waals surface area contributed by atoms with Gasteiger partial charge in [-0.15, -0.1) is 0 Å². The maximum absolute atomic E-state index is 13.0. The third-order valence-corrected chi connectivity index (χ3v) is 6.16. The van der Waals surface area contributed by atoms with Crippen LogP contribution in [0.2, 0.25) is 0 Å². The summed E-state index contributed by atoms with van der Waals surface area (Å²) in [6.45, 7) is 2.48. The van der Waals surface area contributed by atoms with Crippen molar-refractivity contribution in [1.82, 2.24) is 24.7 Å². The van der Waals surface area contributed by atoms with Gasteiger partial charge in [-0.25, -0.2) is 8.42 Å². The van der Waals surface area contributed by atoms with Crippen molar-refractivity contribution in [2.75, 3.05) is 25.3 Å². The molecule has 0 aliphatic carbocycles. The summed E-state index contributed by atoms with van der Waals surface area (Å²) in [7, 11) is -1.83. The van der Waals surface area contributed by atoms with Gasteiger partial charge in [0.05, 0.1) is 23.7 Å². The van der Waals surface area contributed by atoms with Gasteiger partial charge in [-0.3, -0.25) is 14.5 Å². The predicted octanol–water partition coefficient (Wildman–Crippen LogP) is 2.98. The van der Waals surface area contributed by atoms with Crippen molar-refractivity contribution in [2.45, 2.75) is 24.5 Å². The first-order valence-corrected chi connectivity index (χ1v) is 13.4. The average Bonchev–Trinajstić information content (AvgIpc) is 3.31. The fourth-order valence-corrected chi connectivity index (χ4v) is 3.93. The molecule has 4 rings (SSSR count). The molecule has 0 fully saturated rings. The molecule has 3 heterocycles. The van der Waals surface area contributed by atoms with Gasteiger partial charge in [0, 0.05) is 37.9 Å². The monoisotopic (exact) mass is 538 g/mol. The molecule has 12 nitrogen and oxygen atoms in total. The van der Waals surface area contributed by atoms with Crippen LogP contribution in [0.25, 0.3) is 0 Å². The molecule has 3 aromatic heterocycles. The van der Waals surface area contributed by atoms with Gasteiger partial charge in [-0.2, -0.15) is 15.1 Å². The standard InChI is InChI=1S/C25H26N6O6S/c1-17(16-35-2)36-25-27-21(14-23(29-25)37-19-7-9-20(10-8-19)38(3,33)34)24(32)28-22-11-13-31(30-22)15-18-6-4-5-12-26-18/h4-14,17H,15-16H2,1-3H3,(H,28,30,32). The normalized spacial score (nSPS) is 12.1. The van der Waals surface area contributed by atoms with Crippen molar-refractivity contribution < 1.29 is 27.4 Å². The maximum Gasteiger partial charge on any atom is 0.320 e. The lowest BCUT2D eigenvalue weighted by Crippen LogP contribution is -2.21. The van der Waals surface area contributed by atoms with E-state index >= 15 is 0 Å². The minimum absolute atomic E-state index is 0.0255. The third-order valence-electron chi connectivity index (χ3n) is 5.03. The second kappa shape index (κ2) is 11.8. The fraction of sp³-hybridized carbons (Fsp3) is 0.240. The first kappa shape index (κ1) is 26.7. The van der Waals surface area contributed by atoms with Gasteiger partial charge in [0.15, 0.2) is 15.7 Å². The van der Waals surface area contributed by atoms with Crippen LogP contribution in [0.1, 0.15) is 23.1 Å². The molecule has 1 amide bonds. The number of aromatic nitrogens is 5. The molecule has 1 aromatic carbocycles. The molecule has 0 bridgehead atoms. The Balaban J connectivity index is 1.54. The number of benzene rings is 1. The number of hydrogen-bond donors (Lipinski definition) is 1. The van der Waals surface area contributed by atoms with E-state index in [1.807, 2.05) is 18.2 Å². The van der Waals surface area contributed by atoms with E-state index in [0.717, 1.165) is 11.9 Å². The van der Waals surface area contributed by atoms with E-state index in [1.54, 1.807) is 30.1 Å². The van der Waals surface area contributed by atoms with E-state index in [4.69, 9.17) is 14.2 Å². The smallest absolute Gasteiger partial charge is 0.320 e. The lowest BCUT2D eigenvalue weighted by molar-refractivity contribution is 0.0843. The summed E-state index contributed by atoms with van der Waals surface area (Å²) >= 11 is 0. The summed E-state index contributed by atoms with van der Waals surface area (Å²) in [4.78, 5) is 25.9. The van der Waals surface area contributed by atoms with Crippen molar-refractivity contribution in [3.05, 3.63) is 78.4 Å². The Morgan fingerprint density at radius 3 is 2.58 bits per heavy atom. The fourth-order valence-electron chi connectivity index (χ4n) is 3.30. The van der Waals surface area contributed by atoms with Crippen molar-refractivity contribution in [1.29, 1.82) is 0 Å². The Kier molecular flexibility index (Phi) is 8.28. The molecular weight excluding hydrogens is 512 g/mol. The highest BCUT2D eigenvalue weighted by Crippen LogP contribution is 2.24. The average molecular weight is 539 g/mol. The zero-order chi connectivity index (χ0) is 27.1. The Hall–Kier alpha value is -4.36.